The molecule has 2 heterocycles. The van der Waals surface area contributed by atoms with Crippen molar-refractivity contribution in [2.24, 2.45) is 0 Å². The first kappa shape index (κ1) is 10.4. The van der Waals surface area contributed by atoms with Crippen LogP contribution in [0.2, 0.25) is 10.0 Å². The van der Waals surface area contributed by atoms with Crippen LogP contribution < -0.4 is 5.73 Å². The van der Waals surface area contributed by atoms with E-state index < -0.39 is 0 Å². The molecule has 3 N–H and O–H groups in total. The number of hydrogen-bond donors (Lipinski definition) is 2. The number of H-pyrrole nitrogens is 1. The van der Waals surface area contributed by atoms with Gasteiger partial charge in [-0.05, 0) is 12.1 Å². The Morgan fingerprint density at radius 2 is 2.12 bits per heavy atom. The van der Waals surface area contributed by atoms with E-state index in [0.29, 0.717) is 38.4 Å². The van der Waals surface area contributed by atoms with Crippen LogP contribution >= 0.6 is 23.2 Å². The molecule has 0 spiro atoms. The number of aromatic nitrogens is 3. The summed E-state index contributed by atoms with van der Waals surface area (Å²) >= 11 is 11.9. The van der Waals surface area contributed by atoms with Crippen LogP contribution in [0, 0.1) is 0 Å². The average Bonchev–Trinajstić information content (AvgIpc) is 2.83. The molecule has 0 bridgehead atoms. The van der Waals surface area contributed by atoms with Crippen molar-refractivity contribution in [3.8, 4) is 11.5 Å². The van der Waals surface area contributed by atoms with Crippen molar-refractivity contribution in [2.45, 2.75) is 0 Å². The second-order valence-corrected chi connectivity index (χ2v) is 4.30. The Kier molecular flexibility index (Phi) is 2.24. The molecule has 5 nitrogen and oxygen atoms in total. The summed E-state index contributed by atoms with van der Waals surface area (Å²) in [4.78, 5) is 4.26. The third-order valence-corrected chi connectivity index (χ3v) is 2.81. The van der Waals surface area contributed by atoms with E-state index in [2.05, 4.69) is 15.2 Å². The van der Waals surface area contributed by atoms with E-state index in [0.717, 1.165) is 0 Å². The Hall–Kier alpha value is -1.72. The fourth-order valence-electron chi connectivity index (χ4n) is 1.54. The molecule has 3 rings (SSSR count). The molecule has 0 saturated carbocycles. The number of fused-ring (bicyclic) bond motifs is 1. The lowest BCUT2D eigenvalue weighted by atomic mass is 10.3. The van der Waals surface area contributed by atoms with Crippen molar-refractivity contribution in [1.82, 2.24) is 15.2 Å². The van der Waals surface area contributed by atoms with E-state index in [1.807, 2.05) is 0 Å². The summed E-state index contributed by atoms with van der Waals surface area (Å²) in [6, 6.07) is 3.27. The Morgan fingerprint density at radius 1 is 1.29 bits per heavy atom. The van der Waals surface area contributed by atoms with Gasteiger partial charge >= 0.3 is 0 Å². The van der Waals surface area contributed by atoms with Crippen molar-refractivity contribution in [3.05, 3.63) is 28.4 Å². The number of halogens is 2. The lowest BCUT2D eigenvalue weighted by molar-refractivity contribution is 0.620. The maximum atomic E-state index is 6.00. The number of hydrogen-bond acceptors (Lipinski definition) is 4. The Morgan fingerprint density at radius 3 is 2.82 bits per heavy atom. The van der Waals surface area contributed by atoms with E-state index in [-0.39, 0.29) is 0 Å². The Bertz CT molecular complexity index is 703. The maximum absolute atomic E-state index is 6.00. The predicted molar refractivity (Wildman–Crippen MR) is 66.0 cm³/mol. The molecule has 1 aromatic carbocycles. The van der Waals surface area contributed by atoms with E-state index >= 15 is 0 Å². The summed E-state index contributed by atoms with van der Waals surface area (Å²) in [6.45, 7) is 0. The minimum atomic E-state index is 0.357. The second-order valence-electron chi connectivity index (χ2n) is 3.45. The molecule has 0 aliphatic rings. The van der Waals surface area contributed by atoms with Gasteiger partial charge in [0.05, 0.1) is 16.8 Å². The zero-order valence-corrected chi connectivity index (χ0v) is 9.88. The first-order valence-corrected chi connectivity index (χ1v) is 5.45. The van der Waals surface area contributed by atoms with Crippen LogP contribution in [-0.2, 0) is 0 Å². The third kappa shape index (κ3) is 1.64. The summed E-state index contributed by atoms with van der Waals surface area (Å²) in [6.07, 6.45) is 1.54. The van der Waals surface area contributed by atoms with Gasteiger partial charge in [-0.25, -0.2) is 4.98 Å². The van der Waals surface area contributed by atoms with Crippen molar-refractivity contribution in [3.63, 3.8) is 0 Å². The highest BCUT2D eigenvalue weighted by Gasteiger charge is 2.15. The fourth-order valence-corrected chi connectivity index (χ4v) is 2.06. The first-order chi connectivity index (χ1) is 8.15. The van der Waals surface area contributed by atoms with Crippen molar-refractivity contribution >= 4 is 40.1 Å². The van der Waals surface area contributed by atoms with Gasteiger partial charge in [-0.15, -0.1) is 0 Å². The SMILES string of the molecule is Nc1[nH]ncc1-c1nc2cc(Cl)cc(Cl)c2o1. The number of nitrogens with one attached hydrogen (secondary N) is 1. The minimum absolute atomic E-state index is 0.357. The number of oxazole rings is 1. The van der Waals surface area contributed by atoms with Crippen molar-refractivity contribution in [1.29, 1.82) is 0 Å². The highest BCUT2D eigenvalue weighted by molar-refractivity contribution is 6.38. The van der Waals surface area contributed by atoms with Crippen molar-refractivity contribution in [2.75, 3.05) is 5.73 Å². The largest absolute Gasteiger partial charge is 0.434 e. The molecule has 0 aliphatic heterocycles. The molecule has 0 atom stereocenters. The third-order valence-electron chi connectivity index (χ3n) is 2.31. The summed E-state index contributed by atoms with van der Waals surface area (Å²) in [7, 11) is 0. The Balaban J connectivity index is 2.27. The molecule has 0 aliphatic carbocycles. The minimum Gasteiger partial charge on any atom is -0.434 e. The van der Waals surface area contributed by atoms with E-state index in [1.165, 1.54) is 6.20 Å². The smallest absolute Gasteiger partial charge is 0.232 e. The number of nitrogens with two attached hydrogens (primary N) is 1. The van der Waals surface area contributed by atoms with Crippen LogP contribution in [-0.4, -0.2) is 15.2 Å². The highest BCUT2D eigenvalue weighted by Crippen LogP contribution is 2.32. The second kappa shape index (κ2) is 3.65. The molecule has 0 unspecified atom stereocenters. The molecule has 17 heavy (non-hydrogen) atoms. The van der Waals surface area contributed by atoms with E-state index in [1.54, 1.807) is 12.1 Å². The van der Waals surface area contributed by atoms with Crippen LogP contribution in [0.3, 0.4) is 0 Å². The van der Waals surface area contributed by atoms with Crippen LogP contribution in [0.25, 0.3) is 22.6 Å². The van der Waals surface area contributed by atoms with Gasteiger partial charge in [0.1, 0.15) is 11.3 Å². The molecule has 0 amide bonds. The van der Waals surface area contributed by atoms with E-state index in [9.17, 15) is 0 Å². The zero-order valence-electron chi connectivity index (χ0n) is 8.37. The molecule has 86 valence electrons. The molecule has 0 fully saturated rings. The monoisotopic (exact) mass is 268 g/mol. The molecule has 2 aromatic heterocycles. The number of nitrogens with zero attached hydrogens (tertiary/aromatic N) is 2. The fraction of sp³-hybridized carbons (Fsp3) is 0. The number of benzene rings is 1. The van der Waals surface area contributed by atoms with Gasteiger partial charge in [0.2, 0.25) is 5.89 Å². The normalized spacial score (nSPS) is 11.2. The highest BCUT2D eigenvalue weighted by atomic mass is 35.5. The van der Waals surface area contributed by atoms with Crippen LogP contribution in [0.15, 0.2) is 22.7 Å². The molecular formula is C10H6Cl2N4O. The van der Waals surface area contributed by atoms with E-state index in [4.69, 9.17) is 33.4 Å². The van der Waals surface area contributed by atoms with Gasteiger partial charge in [-0.1, -0.05) is 23.2 Å². The topological polar surface area (TPSA) is 80.7 Å². The van der Waals surface area contributed by atoms with Gasteiger partial charge in [-0.3, -0.25) is 5.10 Å². The summed E-state index contributed by atoms with van der Waals surface area (Å²) in [5.74, 6) is 0.745. The van der Waals surface area contributed by atoms with Crippen LogP contribution in [0.4, 0.5) is 5.82 Å². The number of rotatable bonds is 1. The van der Waals surface area contributed by atoms with Gasteiger partial charge < -0.3 is 10.2 Å². The average molecular weight is 269 g/mol. The molecule has 3 aromatic rings. The van der Waals surface area contributed by atoms with Gasteiger partial charge in [0.25, 0.3) is 0 Å². The molecular weight excluding hydrogens is 263 g/mol. The maximum Gasteiger partial charge on any atom is 0.232 e. The summed E-state index contributed by atoms with van der Waals surface area (Å²) < 4.78 is 5.54. The first-order valence-electron chi connectivity index (χ1n) is 4.70. The summed E-state index contributed by atoms with van der Waals surface area (Å²) in [5.41, 5.74) is 7.34. The lowest BCUT2D eigenvalue weighted by Crippen LogP contribution is -1.87. The molecule has 7 heteroatoms. The molecule has 0 radical (unpaired) electrons. The van der Waals surface area contributed by atoms with Crippen LogP contribution in [0.5, 0.6) is 0 Å². The lowest BCUT2D eigenvalue weighted by Gasteiger charge is -1.91. The molecule has 0 saturated heterocycles. The predicted octanol–water partition coefficient (Wildman–Crippen LogP) is 3.11. The number of nitrogen functional groups attached to an aromatic ring is 1. The Labute approximate surface area is 106 Å². The number of aromatic amines is 1. The van der Waals surface area contributed by atoms with Gasteiger partial charge in [0.15, 0.2) is 5.58 Å². The zero-order chi connectivity index (χ0) is 12.0. The van der Waals surface area contributed by atoms with Gasteiger partial charge in [0, 0.05) is 5.02 Å². The standard InChI is InChI=1S/C10H6Cl2N4O/c11-4-1-6(12)8-7(2-4)15-10(17-8)5-3-14-16-9(5)13/h1-3H,(H3,13,14,16). The quantitative estimate of drug-likeness (QED) is 0.711. The van der Waals surface area contributed by atoms with Crippen LogP contribution in [0.1, 0.15) is 0 Å². The summed E-state index contributed by atoms with van der Waals surface area (Å²) in [5, 5.41) is 7.32. The van der Waals surface area contributed by atoms with Crippen molar-refractivity contribution < 1.29 is 4.42 Å². The van der Waals surface area contributed by atoms with Gasteiger partial charge in [-0.2, -0.15) is 5.10 Å². The number of anilines is 1.